The molecule has 0 fully saturated rings. The van der Waals surface area contributed by atoms with Crippen molar-refractivity contribution in [2.75, 3.05) is 0 Å². The van der Waals surface area contributed by atoms with E-state index in [1.54, 1.807) is 24.3 Å². The van der Waals surface area contributed by atoms with E-state index < -0.39 is 0 Å². The van der Waals surface area contributed by atoms with E-state index in [2.05, 4.69) is 37.3 Å². The van der Waals surface area contributed by atoms with Crippen LogP contribution in [-0.4, -0.2) is 11.9 Å². The van der Waals surface area contributed by atoms with Gasteiger partial charge >= 0.3 is 0 Å². The minimum Gasteiger partial charge on any atom is -0.508 e. The second-order valence-electron chi connectivity index (χ2n) is 6.75. The number of unbranched alkanes of at least 4 members (excludes halogenated alkanes) is 9. The van der Waals surface area contributed by atoms with Gasteiger partial charge in [-0.2, -0.15) is 0 Å². The van der Waals surface area contributed by atoms with Gasteiger partial charge in [0.2, 0.25) is 0 Å². The number of phenols is 1. The minimum atomic E-state index is 0.322. The Kier molecular flexibility index (Phi) is 18.7. The molecule has 0 aliphatic heterocycles. The van der Waals surface area contributed by atoms with Crippen LogP contribution in [0.25, 0.3) is 0 Å². The summed E-state index contributed by atoms with van der Waals surface area (Å²) in [4.78, 5) is 8.00. The molecule has 0 spiro atoms. The molecule has 0 amide bonds. The van der Waals surface area contributed by atoms with Crippen LogP contribution in [0, 0.1) is 0 Å². The van der Waals surface area contributed by atoms with Gasteiger partial charge in [0, 0.05) is 0 Å². The summed E-state index contributed by atoms with van der Waals surface area (Å²) in [5.74, 6) is 0.322. The Labute approximate surface area is 166 Å². The van der Waals surface area contributed by atoms with E-state index in [0.29, 0.717) is 5.75 Å². The first kappa shape index (κ1) is 24.9. The Bertz CT molecular complexity index is 510. The quantitative estimate of drug-likeness (QED) is 0.420. The molecule has 0 saturated heterocycles. The summed E-state index contributed by atoms with van der Waals surface area (Å²) in [6.45, 7) is 4.28. The van der Waals surface area contributed by atoms with Gasteiger partial charge in [0.1, 0.15) is 12.5 Å². The van der Waals surface area contributed by atoms with Gasteiger partial charge in [-0.05, 0) is 30.5 Å². The predicted octanol–water partition coefficient (Wildman–Crippen LogP) is 7.36. The third-order valence-corrected chi connectivity index (χ3v) is 4.42. The monoisotopic (exact) mass is 370 g/mol. The van der Waals surface area contributed by atoms with Gasteiger partial charge in [0.05, 0.1) is 0 Å². The molecule has 0 aromatic heterocycles. The summed E-state index contributed by atoms with van der Waals surface area (Å²) in [6.07, 6.45) is 15.5. The van der Waals surface area contributed by atoms with E-state index >= 15 is 0 Å². The number of aryl methyl sites for hydroxylation is 1. The van der Waals surface area contributed by atoms with E-state index in [4.69, 9.17) is 9.90 Å². The van der Waals surface area contributed by atoms with Crippen LogP contribution >= 0.6 is 0 Å². The largest absolute Gasteiger partial charge is 0.508 e. The Morgan fingerprint density at radius 3 is 1.44 bits per heavy atom. The van der Waals surface area contributed by atoms with Gasteiger partial charge in [0.25, 0.3) is 0 Å². The highest BCUT2D eigenvalue weighted by Gasteiger charge is 1.94. The lowest BCUT2D eigenvalue weighted by atomic mass is 10.0. The SMILES string of the molecule is C=O.CCCCCCCCCCCCc1ccccc1.Oc1ccccc1. The fourth-order valence-corrected chi connectivity index (χ4v) is 2.89. The van der Waals surface area contributed by atoms with Crippen LogP contribution in [0.1, 0.15) is 76.7 Å². The van der Waals surface area contributed by atoms with Crippen molar-refractivity contribution < 1.29 is 9.90 Å². The van der Waals surface area contributed by atoms with Crippen LogP contribution in [0.4, 0.5) is 0 Å². The summed E-state index contributed by atoms with van der Waals surface area (Å²) >= 11 is 0. The number of para-hydroxylation sites is 1. The van der Waals surface area contributed by atoms with Crippen molar-refractivity contribution in [1.82, 2.24) is 0 Å². The van der Waals surface area contributed by atoms with Crippen molar-refractivity contribution in [1.29, 1.82) is 0 Å². The molecule has 2 nitrogen and oxygen atoms in total. The topological polar surface area (TPSA) is 37.3 Å². The lowest BCUT2D eigenvalue weighted by Crippen LogP contribution is -1.86. The van der Waals surface area contributed by atoms with Crippen LogP contribution in [0.3, 0.4) is 0 Å². The maximum atomic E-state index is 8.63. The van der Waals surface area contributed by atoms with Crippen LogP contribution in [0.15, 0.2) is 60.7 Å². The van der Waals surface area contributed by atoms with Crippen LogP contribution < -0.4 is 0 Å². The summed E-state index contributed by atoms with van der Waals surface area (Å²) < 4.78 is 0. The van der Waals surface area contributed by atoms with Crippen molar-refractivity contribution >= 4 is 6.79 Å². The minimum absolute atomic E-state index is 0.322. The number of carbonyl (C=O) groups is 1. The standard InChI is InChI=1S/C18H30.C6H6O.CH2O/c1-2-3-4-5-6-7-8-9-10-12-15-18-16-13-11-14-17-18;7-6-4-2-1-3-5-6;1-2/h11,13-14,16-17H,2-10,12,15H2,1H3;1-5,7H;1H2. The Hall–Kier alpha value is -2.09. The molecule has 0 unspecified atom stereocenters. The molecule has 27 heavy (non-hydrogen) atoms. The van der Waals surface area contributed by atoms with E-state index in [1.807, 2.05) is 12.9 Å². The van der Waals surface area contributed by atoms with Gasteiger partial charge in [-0.1, -0.05) is 113 Å². The van der Waals surface area contributed by atoms with Crippen LogP contribution in [0.5, 0.6) is 5.75 Å². The number of benzene rings is 2. The van der Waals surface area contributed by atoms with Crippen LogP contribution in [0.2, 0.25) is 0 Å². The Balaban J connectivity index is 0.000000621. The number of phenolic OH excluding ortho intramolecular Hbond substituents is 1. The molecule has 2 heteroatoms. The van der Waals surface area contributed by atoms with Gasteiger partial charge in [0.15, 0.2) is 0 Å². The molecule has 1 N–H and O–H groups in total. The molecule has 150 valence electrons. The summed E-state index contributed by atoms with van der Waals surface area (Å²) in [5, 5.41) is 8.63. The van der Waals surface area contributed by atoms with Crippen molar-refractivity contribution in [2.24, 2.45) is 0 Å². The van der Waals surface area contributed by atoms with E-state index in [1.165, 1.54) is 76.2 Å². The zero-order valence-corrected chi connectivity index (χ0v) is 17.1. The fourth-order valence-electron chi connectivity index (χ4n) is 2.89. The van der Waals surface area contributed by atoms with E-state index in [-0.39, 0.29) is 0 Å². The average Bonchev–Trinajstić information content (AvgIpc) is 2.73. The molecule has 2 aromatic rings. The molecule has 0 atom stereocenters. The number of hydrogen-bond acceptors (Lipinski definition) is 2. The molecule has 2 aromatic carbocycles. The van der Waals surface area contributed by atoms with Gasteiger partial charge in [-0.3, -0.25) is 0 Å². The van der Waals surface area contributed by atoms with Gasteiger partial charge in [-0.25, -0.2) is 0 Å². The molecule has 0 saturated carbocycles. The Morgan fingerprint density at radius 1 is 0.630 bits per heavy atom. The van der Waals surface area contributed by atoms with Crippen molar-refractivity contribution in [2.45, 2.75) is 77.6 Å². The molecule has 0 radical (unpaired) electrons. The maximum absolute atomic E-state index is 8.63. The summed E-state index contributed by atoms with van der Waals surface area (Å²) in [7, 11) is 0. The Morgan fingerprint density at radius 2 is 1.04 bits per heavy atom. The second kappa shape index (κ2) is 20.2. The van der Waals surface area contributed by atoms with Crippen molar-refractivity contribution in [3.8, 4) is 5.75 Å². The highest BCUT2D eigenvalue weighted by molar-refractivity contribution is 5.18. The molecule has 0 aliphatic rings. The van der Waals surface area contributed by atoms with E-state index in [0.717, 1.165) is 0 Å². The third kappa shape index (κ3) is 17.1. The first-order valence-corrected chi connectivity index (χ1v) is 10.4. The average molecular weight is 371 g/mol. The lowest BCUT2D eigenvalue weighted by Gasteiger charge is -2.03. The first-order valence-electron chi connectivity index (χ1n) is 10.4. The first-order chi connectivity index (χ1) is 13.3. The summed E-state index contributed by atoms with van der Waals surface area (Å²) in [5.41, 5.74) is 1.50. The second-order valence-corrected chi connectivity index (χ2v) is 6.75. The highest BCUT2D eigenvalue weighted by Crippen LogP contribution is 2.12. The van der Waals surface area contributed by atoms with Crippen molar-refractivity contribution in [3.05, 3.63) is 66.2 Å². The third-order valence-electron chi connectivity index (χ3n) is 4.42. The number of rotatable bonds is 11. The molecule has 2 rings (SSSR count). The van der Waals surface area contributed by atoms with Gasteiger partial charge < -0.3 is 9.90 Å². The molecule has 0 bridgehead atoms. The predicted molar refractivity (Wildman–Crippen MR) is 117 cm³/mol. The number of hydrogen-bond donors (Lipinski definition) is 1. The molecule has 0 heterocycles. The summed E-state index contributed by atoms with van der Waals surface area (Å²) in [6, 6.07) is 19.6. The highest BCUT2D eigenvalue weighted by atomic mass is 16.3. The normalized spacial score (nSPS) is 9.52. The van der Waals surface area contributed by atoms with Crippen molar-refractivity contribution in [3.63, 3.8) is 0 Å². The number of aromatic hydroxyl groups is 1. The van der Waals surface area contributed by atoms with Crippen LogP contribution in [-0.2, 0) is 11.2 Å². The number of carbonyl (C=O) groups excluding carboxylic acids is 1. The molecular formula is C25H38O2. The lowest BCUT2D eigenvalue weighted by molar-refractivity contribution is -0.0979. The molecular weight excluding hydrogens is 332 g/mol. The zero-order chi connectivity index (χ0) is 20.0. The van der Waals surface area contributed by atoms with E-state index in [9.17, 15) is 0 Å². The fraction of sp³-hybridized carbons (Fsp3) is 0.480. The van der Waals surface area contributed by atoms with Gasteiger partial charge in [-0.15, -0.1) is 0 Å². The molecule has 0 aliphatic carbocycles. The zero-order valence-electron chi connectivity index (χ0n) is 17.1. The smallest absolute Gasteiger partial charge is 0.115 e. The maximum Gasteiger partial charge on any atom is 0.115 e.